The van der Waals surface area contributed by atoms with Crippen LogP contribution in [0, 0.1) is 13.8 Å². The van der Waals surface area contributed by atoms with Crippen molar-refractivity contribution in [1.82, 2.24) is 5.32 Å². The summed E-state index contributed by atoms with van der Waals surface area (Å²) in [5.41, 5.74) is 8.82. The monoisotopic (exact) mass is 256 g/mol. The first-order valence-electron chi connectivity index (χ1n) is 5.66. The average Bonchev–Trinajstić information content (AvgIpc) is 2.24. The van der Waals surface area contributed by atoms with Crippen LogP contribution in [0.3, 0.4) is 0 Å². The zero-order valence-corrected chi connectivity index (χ0v) is 11.3. The Hall–Kier alpha value is -1.06. The summed E-state index contributed by atoms with van der Waals surface area (Å²) in [6.45, 7) is 5.35. The molecule has 1 aromatic rings. The van der Waals surface area contributed by atoms with Gasteiger partial charge in [-0.05, 0) is 37.9 Å². The van der Waals surface area contributed by atoms with Crippen LogP contribution in [0.2, 0.25) is 0 Å². The molecule has 0 aliphatic heterocycles. The van der Waals surface area contributed by atoms with Gasteiger partial charge in [0.15, 0.2) is 0 Å². The Kier molecular flexibility index (Phi) is 7.59. The fourth-order valence-corrected chi connectivity index (χ4v) is 1.56. The van der Waals surface area contributed by atoms with Gasteiger partial charge < -0.3 is 11.1 Å². The maximum atomic E-state index is 11.6. The van der Waals surface area contributed by atoms with Crippen LogP contribution in [-0.4, -0.2) is 19.0 Å². The van der Waals surface area contributed by atoms with Gasteiger partial charge in [0, 0.05) is 6.54 Å². The molecule has 3 N–H and O–H groups in total. The zero-order valence-electron chi connectivity index (χ0n) is 10.5. The molecular formula is C13H21ClN2O. The molecule has 0 saturated heterocycles. The summed E-state index contributed by atoms with van der Waals surface area (Å²) in [4.78, 5) is 11.6. The van der Waals surface area contributed by atoms with Crippen molar-refractivity contribution < 1.29 is 4.79 Å². The Balaban J connectivity index is 0.00000256. The first-order valence-corrected chi connectivity index (χ1v) is 5.66. The first kappa shape index (κ1) is 15.9. The van der Waals surface area contributed by atoms with Gasteiger partial charge in [0.25, 0.3) is 0 Å². The predicted molar refractivity (Wildman–Crippen MR) is 73.5 cm³/mol. The Morgan fingerprint density at radius 2 is 2.06 bits per heavy atom. The van der Waals surface area contributed by atoms with Crippen molar-refractivity contribution in [2.24, 2.45) is 5.73 Å². The second-order valence-electron chi connectivity index (χ2n) is 4.10. The third kappa shape index (κ3) is 5.71. The molecule has 0 saturated carbocycles. The van der Waals surface area contributed by atoms with Crippen molar-refractivity contribution in [3.63, 3.8) is 0 Å². The molecule has 96 valence electrons. The van der Waals surface area contributed by atoms with Crippen LogP contribution in [0.15, 0.2) is 18.2 Å². The van der Waals surface area contributed by atoms with E-state index in [4.69, 9.17) is 5.73 Å². The van der Waals surface area contributed by atoms with Gasteiger partial charge in [-0.15, -0.1) is 12.4 Å². The van der Waals surface area contributed by atoms with Crippen molar-refractivity contribution in [1.29, 1.82) is 0 Å². The van der Waals surface area contributed by atoms with Crippen LogP contribution in [0.25, 0.3) is 0 Å². The van der Waals surface area contributed by atoms with E-state index in [1.165, 1.54) is 11.1 Å². The number of hydrogen-bond donors (Lipinski definition) is 2. The van der Waals surface area contributed by atoms with Crippen LogP contribution in [0.4, 0.5) is 0 Å². The zero-order chi connectivity index (χ0) is 12.0. The van der Waals surface area contributed by atoms with Crippen LogP contribution >= 0.6 is 12.4 Å². The number of amides is 1. The number of nitrogens with one attached hydrogen (secondary N) is 1. The SMILES string of the molecule is Cc1ccc(C)c(CC(=O)NCCCN)c1.Cl. The molecule has 0 spiro atoms. The van der Waals surface area contributed by atoms with Gasteiger partial charge in [0.2, 0.25) is 5.91 Å². The summed E-state index contributed by atoms with van der Waals surface area (Å²) in [6, 6.07) is 6.18. The van der Waals surface area contributed by atoms with E-state index < -0.39 is 0 Å². The van der Waals surface area contributed by atoms with Crippen molar-refractivity contribution in [2.45, 2.75) is 26.7 Å². The molecule has 1 aromatic carbocycles. The third-order valence-electron chi connectivity index (χ3n) is 2.56. The molecular weight excluding hydrogens is 236 g/mol. The smallest absolute Gasteiger partial charge is 0.224 e. The topological polar surface area (TPSA) is 55.1 Å². The number of nitrogens with two attached hydrogens (primary N) is 1. The Morgan fingerprint density at radius 1 is 1.35 bits per heavy atom. The molecule has 0 aliphatic rings. The van der Waals surface area contributed by atoms with Gasteiger partial charge in [-0.3, -0.25) is 4.79 Å². The number of benzene rings is 1. The summed E-state index contributed by atoms with van der Waals surface area (Å²) >= 11 is 0. The highest BCUT2D eigenvalue weighted by molar-refractivity contribution is 5.85. The maximum Gasteiger partial charge on any atom is 0.224 e. The predicted octanol–water partition coefficient (Wildman–Crippen LogP) is 1.73. The molecule has 0 aliphatic carbocycles. The van der Waals surface area contributed by atoms with Gasteiger partial charge in [-0.1, -0.05) is 23.8 Å². The molecule has 0 unspecified atom stereocenters. The third-order valence-corrected chi connectivity index (χ3v) is 2.56. The van der Waals surface area contributed by atoms with Gasteiger partial charge in [0.05, 0.1) is 6.42 Å². The van der Waals surface area contributed by atoms with E-state index in [1.54, 1.807) is 0 Å². The summed E-state index contributed by atoms with van der Waals surface area (Å²) in [5, 5.41) is 2.86. The Bertz CT molecular complexity index is 366. The number of carbonyl (C=O) groups is 1. The molecule has 17 heavy (non-hydrogen) atoms. The second kappa shape index (κ2) is 8.09. The van der Waals surface area contributed by atoms with Gasteiger partial charge in [0.1, 0.15) is 0 Å². The summed E-state index contributed by atoms with van der Waals surface area (Å²) < 4.78 is 0. The van der Waals surface area contributed by atoms with Gasteiger partial charge >= 0.3 is 0 Å². The van der Waals surface area contributed by atoms with E-state index in [0.29, 0.717) is 19.5 Å². The van der Waals surface area contributed by atoms with Crippen LogP contribution in [0.5, 0.6) is 0 Å². The minimum atomic E-state index is 0. The average molecular weight is 257 g/mol. The second-order valence-corrected chi connectivity index (χ2v) is 4.10. The lowest BCUT2D eigenvalue weighted by Gasteiger charge is -2.07. The molecule has 0 atom stereocenters. The van der Waals surface area contributed by atoms with E-state index in [0.717, 1.165) is 12.0 Å². The van der Waals surface area contributed by atoms with E-state index >= 15 is 0 Å². The number of aryl methyl sites for hydroxylation is 2. The first-order chi connectivity index (χ1) is 7.63. The highest BCUT2D eigenvalue weighted by Gasteiger charge is 2.05. The van der Waals surface area contributed by atoms with E-state index in [-0.39, 0.29) is 18.3 Å². The Labute approximate surface area is 109 Å². The molecule has 0 heterocycles. The Morgan fingerprint density at radius 3 is 2.71 bits per heavy atom. The largest absolute Gasteiger partial charge is 0.356 e. The standard InChI is InChI=1S/C13H20N2O.ClH/c1-10-4-5-11(2)12(8-10)9-13(16)15-7-3-6-14;/h4-5,8H,3,6-7,9,14H2,1-2H3,(H,15,16);1H. The lowest BCUT2D eigenvalue weighted by atomic mass is 10.0. The van der Waals surface area contributed by atoms with Crippen molar-refractivity contribution in [3.05, 3.63) is 34.9 Å². The summed E-state index contributed by atoms with van der Waals surface area (Å²) in [5.74, 6) is 0.0714. The van der Waals surface area contributed by atoms with E-state index in [2.05, 4.69) is 23.5 Å². The van der Waals surface area contributed by atoms with Crippen molar-refractivity contribution in [2.75, 3.05) is 13.1 Å². The highest BCUT2D eigenvalue weighted by Crippen LogP contribution is 2.11. The molecule has 0 fully saturated rings. The minimum absolute atomic E-state index is 0. The lowest BCUT2D eigenvalue weighted by Crippen LogP contribution is -2.27. The number of rotatable bonds is 5. The van der Waals surface area contributed by atoms with E-state index in [1.807, 2.05) is 13.8 Å². The minimum Gasteiger partial charge on any atom is -0.356 e. The van der Waals surface area contributed by atoms with Crippen LogP contribution < -0.4 is 11.1 Å². The summed E-state index contributed by atoms with van der Waals surface area (Å²) in [7, 11) is 0. The molecule has 0 aromatic heterocycles. The van der Waals surface area contributed by atoms with Gasteiger partial charge in [-0.2, -0.15) is 0 Å². The van der Waals surface area contributed by atoms with Crippen molar-refractivity contribution in [3.8, 4) is 0 Å². The maximum absolute atomic E-state index is 11.6. The molecule has 1 amide bonds. The molecule has 1 rings (SSSR count). The van der Waals surface area contributed by atoms with Crippen LogP contribution in [0.1, 0.15) is 23.1 Å². The fraction of sp³-hybridized carbons (Fsp3) is 0.462. The molecule has 4 heteroatoms. The number of hydrogen-bond acceptors (Lipinski definition) is 2. The summed E-state index contributed by atoms with van der Waals surface area (Å²) in [6.07, 6.45) is 1.29. The van der Waals surface area contributed by atoms with Crippen molar-refractivity contribution >= 4 is 18.3 Å². The number of halogens is 1. The number of carbonyl (C=O) groups excluding carboxylic acids is 1. The van der Waals surface area contributed by atoms with Crippen LogP contribution in [-0.2, 0) is 11.2 Å². The molecule has 0 bridgehead atoms. The molecule has 3 nitrogen and oxygen atoms in total. The quantitative estimate of drug-likeness (QED) is 0.789. The normalized spacial score (nSPS) is 9.59. The van der Waals surface area contributed by atoms with E-state index in [9.17, 15) is 4.79 Å². The molecule has 0 radical (unpaired) electrons. The van der Waals surface area contributed by atoms with Gasteiger partial charge in [-0.25, -0.2) is 0 Å². The highest BCUT2D eigenvalue weighted by atomic mass is 35.5. The fourth-order valence-electron chi connectivity index (χ4n) is 1.56. The lowest BCUT2D eigenvalue weighted by molar-refractivity contribution is -0.120.